The standard InChI is InChI=1S/C34H47N3O5/c1-5-20-35(22-25-14-10-8-11-15-25)30(39)27-28-31(40)37(24(4)23-38)29(34(28)19-18-33(27,7-3)42-34)32(41)36(21-6-2)26-16-12-9-13-17-26/h5-6,8,10-11,14-15,24,26-29,38H,1-2,7,9,12-13,16-23H2,3-4H3/t24-,27-,28+,29?,33+,34?/m1/s1. The van der Waals surface area contributed by atoms with Crippen LogP contribution >= 0.6 is 0 Å². The summed E-state index contributed by atoms with van der Waals surface area (Å²) in [5, 5.41) is 10.3. The molecule has 3 heterocycles. The number of nitrogens with zero attached hydrogens (tertiary/aromatic N) is 3. The Balaban J connectivity index is 1.56. The molecule has 4 aliphatic rings. The van der Waals surface area contributed by atoms with Gasteiger partial charge >= 0.3 is 0 Å². The molecule has 3 amide bonds. The minimum absolute atomic E-state index is 0.0752. The van der Waals surface area contributed by atoms with Crippen LogP contribution in [0.1, 0.15) is 70.8 Å². The number of benzene rings is 1. The molecule has 228 valence electrons. The quantitative estimate of drug-likeness (QED) is 0.378. The normalized spacial score (nSPS) is 31.1. The van der Waals surface area contributed by atoms with Crippen LogP contribution in [-0.2, 0) is 25.7 Å². The zero-order chi connectivity index (χ0) is 30.1. The van der Waals surface area contributed by atoms with Gasteiger partial charge < -0.3 is 24.5 Å². The summed E-state index contributed by atoms with van der Waals surface area (Å²) in [7, 11) is 0. The van der Waals surface area contributed by atoms with Gasteiger partial charge in [-0.1, -0.05) is 68.7 Å². The molecule has 2 bridgehead atoms. The highest BCUT2D eigenvalue weighted by Crippen LogP contribution is 2.65. The Morgan fingerprint density at radius 3 is 2.40 bits per heavy atom. The van der Waals surface area contributed by atoms with Gasteiger partial charge in [-0.3, -0.25) is 14.4 Å². The first-order chi connectivity index (χ1) is 20.3. The smallest absolute Gasteiger partial charge is 0.248 e. The van der Waals surface area contributed by atoms with Crippen LogP contribution in [0.25, 0.3) is 0 Å². The Morgan fingerprint density at radius 2 is 1.79 bits per heavy atom. The predicted octanol–water partition coefficient (Wildman–Crippen LogP) is 4.08. The molecule has 2 unspecified atom stereocenters. The minimum atomic E-state index is -1.12. The molecule has 3 saturated heterocycles. The van der Waals surface area contributed by atoms with E-state index in [4.69, 9.17) is 4.74 Å². The van der Waals surface area contributed by atoms with E-state index in [-0.39, 0.29) is 30.4 Å². The monoisotopic (exact) mass is 577 g/mol. The lowest BCUT2D eigenvalue weighted by Gasteiger charge is -2.42. The first kappa shape index (κ1) is 30.5. The maximum absolute atomic E-state index is 14.7. The molecule has 42 heavy (non-hydrogen) atoms. The molecule has 1 N–H and O–H groups in total. The van der Waals surface area contributed by atoms with E-state index in [9.17, 15) is 19.5 Å². The number of ether oxygens (including phenoxy) is 1. The van der Waals surface area contributed by atoms with Crippen LogP contribution < -0.4 is 0 Å². The topological polar surface area (TPSA) is 90.4 Å². The van der Waals surface area contributed by atoms with Crippen LogP contribution in [0.3, 0.4) is 0 Å². The summed E-state index contributed by atoms with van der Waals surface area (Å²) >= 11 is 0. The number of amides is 3. The van der Waals surface area contributed by atoms with Crippen molar-refractivity contribution in [3.8, 4) is 0 Å². The lowest BCUT2D eigenvalue weighted by atomic mass is 9.64. The average molecular weight is 578 g/mol. The highest BCUT2D eigenvalue weighted by atomic mass is 16.5. The molecule has 8 nitrogen and oxygen atoms in total. The van der Waals surface area contributed by atoms with Gasteiger partial charge in [-0.15, -0.1) is 13.2 Å². The van der Waals surface area contributed by atoms with Crippen LogP contribution in [0.2, 0.25) is 0 Å². The molecule has 3 aliphatic heterocycles. The first-order valence-corrected chi connectivity index (χ1v) is 15.8. The third-order valence-electron chi connectivity index (χ3n) is 10.4. The molecule has 1 saturated carbocycles. The number of carbonyl (C=O) groups is 3. The zero-order valence-electron chi connectivity index (χ0n) is 25.2. The Hall–Kier alpha value is -2.97. The summed E-state index contributed by atoms with van der Waals surface area (Å²) < 4.78 is 6.99. The fraction of sp³-hybridized carbons (Fsp3) is 0.618. The second-order valence-corrected chi connectivity index (χ2v) is 12.7. The van der Waals surface area contributed by atoms with E-state index in [2.05, 4.69) is 13.2 Å². The number of aliphatic hydroxyl groups is 1. The third-order valence-corrected chi connectivity index (χ3v) is 10.4. The fourth-order valence-corrected chi connectivity index (χ4v) is 8.37. The first-order valence-electron chi connectivity index (χ1n) is 15.8. The number of likely N-dealkylation sites (tertiary alicyclic amines) is 1. The molecule has 1 aromatic carbocycles. The number of hydrogen-bond acceptors (Lipinski definition) is 5. The van der Waals surface area contributed by atoms with Gasteiger partial charge in [0, 0.05) is 25.7 Å². The molecule has 1 aromatic rings. The van der Waals surface area contributed by atoms with E-state index in [1.165, 1.54) is 0 Å². The van der Waals surface area contributed by atoms with Gasteiger partial charge in [0.2, 0.25) is 17.7 Å². The SMILES string of the molecule is C=CCN(Cc1ccccc1)C(=O)[C@H]1[C@H]2C(=O)N([C@H](C)CO)C(C(=O)N(CC=C)C3CCCCC3)C23CC[C@]1(CC)O3. The van der Waals surface area contributed by atoms with Crippen LogP contribution in [0, 0.1) is 11.8 Å². The average Bonchev–Trinajstić information content (AvgIpc) is 3.63. The Morgan fingerprint density at radius 1 is 1.10 bits per heavy atom. The second-order valence-electron chi connectivity index (χ2n) is 12.7. The summed E-state index contributed by atoms with van der Waals surface area (Å²) in [5.74, 6) is -2.06. The summed E-state index contributed by atoms with van der Waals surface area (Å²) in [6, 6.07) is 8.39. The number of fused-ring (bicyclic) bond motifs is 1. The van der Waals surface area contributed by atoms with Gasteiger partial charge in [0.05, 0.1) is 30.1 Å². The summed E-state index contributed by atoms with van der Waals surface area (Å²) in [6.45, 7) is 12.4. The van der Waals surface area contributed by atoms with E-state index < -0.39 is 35.1 Å². The number of hydrogen-bond donors (Lipinski definition) is 1. The fourth-order valence-electron chi connectivity index (χ4n) is 8.37. The zero-order valence-corrected chi connectivity index (χ0v) is 25.2. The van der Waals surface area contributed by atoms with E-state index in [1.807, 2.05) is 42.2 Å². The number of carbonyl (C=O) groups excluding carboxylic acids is 3. The van der Waals surface area contributed by atoms with Crippen molar-refractivity contribution in [2.24, 2.45) is 11.8 Å². The van der Waals surface area contributed by atoms with Crippen molar-refractivity contribution >= 4 is 17.7 Å². The van der Waals surface area contributed by atoms with Crippen molar-refractivity contribution in [3.05, 3.63) is 61.2 Å². The van der Waals surface area contributed by atoms with Gasteiger partial charge in [0.25, 0.3) is 0 Å². The van der Waals surface area contributed by atoms with Crippen LogP contribution in [0.4, 0.5) is 0 Å². The largest absolute Gasteiger partial charge is 0.394 e. The van der Waals surface area contributed by atoms with Crippen molar-refractivity contribution in [3.63, 3.8) is 0 Å². The van der Waals surface area contributed by atoms with E-state index >= 15 is 0 Å². The minimum Gasteiger partial charge on any atom is -0.394 e. The van der Waals surface area contributed by atoms with Crippen molar-refractivity contribution in [1.82, 2.24) is 14.7 Å². The highest BCUT2D eigenvalue weighted by molar-refractivity contribution is 5.99. The molecule has 6 atom stereocenters. The maximum atomic E-state index is 14.7. The van der Waals surface area contributed by atoms with Crippen molar-refractivity contribution in [2.75, 3.05) is 19.7 Å². The highest BCUT2D eigenvalue weighted by Gasteiger charge is 2.79. The number of rotatable bonds is 12. The van der Waals surface area contributed by atoms with Crippen molar-refractivity contribution < 1.29 is 24.2 Å². The number of aliphatic hydroxyl groups excluding tert-OH is 1. The molecule has 0 aromatic heterocycles. The van der Waals surface area contributed by atoms with Crippen molar-refractivity contribution in [1.29, 1.82) is 0 Å². The molecular formula is C34H47N3O5. The maximum Gasteiger partial charge on any atom is 0.248 e. The lowest BCUT2D eigenvalue weighted by molar-refractivity contribution is -0.159. The molecule has 8 heteroatoms. The predicted molar refractivity (Wildman–Crippen MR) is 161 cm³/mol. The van der Waals surface area contributed by atoms with Gasteiger partial charge in [0.1, 0.15) is 11.6 Å². The molecule has 1 aliphatic carbocycles. The van der Waals surface area contributed by atoms with Crippen molar-refractivity contribution in [2.45, 2.75) is 101 Å². The summed E-state index contributed by atoms with van der Waals surface area (Å²) in [6.07, 6.45) is 10.3. The Labute approximate surface area is 250 Å². The molecular weight excluding hydrogens is 530 g/mol. The van der Waals surface area contributed by atoms with Gasteiger partial charge in [-0.25, -0.2) is 0 Å². The molecule has 4 fully saturated rings. The van der Waals surface area contributed by atoms with Gasteiger partial charge in [-0.2, -0.15) is 0 Å². The Kier molecular flexibility index (Phi) is 8.95. The third kappa shape index (κ3) is 4.90. The van der Waals surface area contributed by atoms with E-state index in [0.29, 0.717) is 38.9 Å². The lowest BCUT2D eigenvalue weighted by Crippen LogP contribution is -2.60. The van der Waals surface area contributed by atoms with Crippen LogP contribution in [0.15, 0.2) is 55.6 Å². The molecule has 1 spiro atoms. The van der Waals surface area contributed by atoms with Gasteiger partial charge in [0.15, 0.2) is 0 Å². The summed E-state index contributed by atoms with van der Waals surface area (Å²) in [4.78, 5) is 49.0. The summed E-state index contributed by atoms with van der Waals surface area (Å²) in [5.41, 5.74) is -0.950. The Bertz CT molecular complexity index is 1180. The van der Waals surface area contributed by atoms with E-state index in [1.54, 1.807) is 28.9 Å². The molecule has 0 radical (unpaired) electrons. The van der Waals surface area contributed by atoms with Crippen LogP contribution in [-0.4, -0.2) is 86.6 Å². The van der Waals surface area contributed by atoms with Gasteiger partial charge in [-0.05, 0) is 44.6 Å². The van der Waals surface area contributed by atoms with Crippen LogP contribution in [0.5, 0.6) is 0 Å². The second kappa shape index (κ2) is 12.3. The molecule has 5 rings (SSSR count). The van der Waals surface area contributed by atoms with E-state index in [0.717, 1.165) is 37.7 Å².